The number of hydrogen-bond donors (Lipinski definition) is 0. The largest absolute Gasteiger partial charge is 0.496 e. The van der Waals surface area contributed by atoms with Crippen molar-refractivity contribution in [1.82, 2.24) is 4.90 Å². The molecule has 0 fully saturated rings. The Hall–Kier alpha value is -1.77. The van der Waals surface area contributed by atoms with Crippen LogP contribution >= 0.6 is 12.4 Å². The molecule has 0 aliphatic rings. The standard InChI is InChI=1S/C18H19NO.ClH/c1-19(2)12-17-16-11-14-7-5-4-6-13(14)10-15(16)8-9-18(17)20-3;/h4-11H,12H2,1-3H3;1H. The average Bonchev–Trinajstić information content (AvgIpc) is 2.45. The van der Waals surface area contributed by atoms with E-state index in [-0.39, 0.29) is 12.4 Å². The maximum atomic E-state index is 5.54. The molecule has 2 nitrogen and oxygen atoms in total. The van der Waals surface area contributed by atoms with Gasteiger partial charge in [-0.3, -0.25) is 0 Å². The van der Waals surface area contributed by atoms with Crippen LogP contribution in [-0.2, 0) is 6.54 Å². The first-order valence-corrected chi connectivity index (χ1v) is 6.82. The van der Waals surface area contributed by atoms with E-state index in [0.29, 0.717) is 0 Å². The van der Waals surface area contributed by atoms with Crippen molar-refractivity contribution in [2.24, 2.45) is 0 Å². The predicted octanol–water partition coefficient (Wildman–Crippen LogP) is 4.49. The molecule has 21 heavy (non-hydrogen) atoms. The van der Waals surface area contributed by atoms with Crippen LogP contribution in [0.1, 0.15) is 5.56 Å². The first-order valence-electron chi connectivity index (χ1n) is 6.82. The predicted molar refractivity (Wildman–Crippen MR) is 92.6 cm³/mol. The van der Waals surface area contributed by atoms with E-state index in [1.54, 1.807) is 7.11 Å². The van der Waals surface area contributed by atoms with Crippen LogP contribution in [0.4, 0.5) is 0 Å². The van der Waals surface area contributed by atoms with Gasteiger partial charge in [0.25, 0.3) is 0 Å². The minimum atomic E-state index is 0. The van der Waals surface area contributed by atoms with Gasteiger partial charge in [0.05, 0.1) is 7.11 Å². The second kappa shape index (κ2) is 6.33. The van der Waals surface area contributed by atoms with Crippen LogP contribution in [0.25, 0.3) is 21.5 Å². The molecule has 3 rings (SSSR count). The summed E-state index contributed by atoms with van der Waals surface area (Å²) in [7, 11) is 5.90. The zero-order chi connectivity index (χ0) is 14.1. The minimum Gasteiger partial charge on any atom is -0.496 e. The highest BCUT2D eigenvalue weighted by atomic mass is 35.5. The van der Waals surface area contributed by atoms with Crippen LogP contribution in [0.15, 0.2) is 48.5 Å². The summed E-state index contributed by atoms with van der Waals surface area (Å²) in [5.41, 5.74) is 1.25. The number of methoxy groups -OCH3 is 1. The Balaban J connectivity index is 0.00000161. The van der Waals surface area contributed by atoms with E-state index in [1.165, 1.54) is 27.1 Å². The highest BCUT2D eigenvalue weighted by Crippen LogP contribution is 2.31. The molecular formula is C18H20ClNO. The molecule has 3 aromatic carbocycles. The summed E-state index contributed by atoms with van der Waals surface area (Å²) in [6.45, 7) is 0.874. The molecule has 0 atom stereocenters. The molecule has 0 heterocycles. The molecule has 0 spiro atoms. The van der Waals surface area contributed by atoms with Gasteiger partial charge in [0.2, 0.25) is 0 Å². The van der Waals surface area contributed by atoms with Crippen LogP contribution in [-0.4, -0.2) is 26.1 Å². The molecule has 0 aliphatic carbocycles. The fourth-order valence-electron chi connectivity index (χ4n) is 2.73. The van der Waals surface area contributed by atoms with Crippen LogP contribution in [0.2, 0.25) is 0 Å². The highest BCUT2D eigenvalue weighted by Gasteiger charge is 2.10. The first-order chi connectivity index (χ1) is 9.69. The van der Waals surface area contributed by atoms with E-state index in [0.717, 1.165) is 12.3 Å². The second-order valence-corrected chi connectivity index (χ2v) is 5.40. The summed E-state index contributed by atoms with van der Waals surface area (Å²) >= 11 is 0. The summed E-state index contributed by atoms with van der Waals surface area (Å²) in [6.07, 6.45) is 0. The molecule has 0 saturated heterocycles. The van der Waals surface area contributed by atoms with E-state index in [2.05, 4.69) is 67.5 Å². The van der Waals surface area contributed by atoms with Crippen molar-refractivity contribution in [3.63, 3.8) is 0 Å². The molecule has 0 radical (unpaired) electrons. The third-order valence-electron chi connectivity index (χ3n) is 3.65. The molecule has 0 aromatic heterocycles. The third-order valence-corrected chi connectivity index (χ3v) is 3.65. The van der Waals surface area contributed by atoms with E-state index < -0.39 is 0 Å². The summed E-state index contributed by atoms with van der Waals surface area (Å²) in [6, 6.07) is 17.2. The molecule has 0 N–H and O–H groups in total. The maximum Gasteiger partial charge on any atom is 0.123 e. The summed E-state index contributed by atoms with van der Waals surface area (Å²) < 4.78 is 5.54. The summed E-state index contributed by atoms with van der Waals surface area (Å²) in [4.78, 5) is 2.17. The SMILES string of the molecule is COc1ccc2cc3ccccc3cc2c1CN(C)C.Cl. The smallest absolute Gasteiger partial charge is 0.123 e. The minimum absolute atomic E-state index is 0. The lowest BCUT2D eigenvalue weighted by Gasteiger charge is -2.16. The zero-order valence-corrected chi connectivity index (χ0v) is 13.4. The quantitative estimate of drug-likeness (QED) is 0.661. The molecule has 0 saturated carbocycles. The zero-order valence-electron chi connectivity index (χ0n) is 12.6. The number of halogens is 1. The number of ether oxygens (including phenoxy) is 1. The molecular weight excluding hydrogens is 282 g/mol. The van der Waals surface area contributed by atoms with Crippen molar-refractivity contribution in [2.75, 3.05) is 21.2 Å². The van der Waals surface area contributed by atoms with E-state index >= 15 is 0 Å². The van der Waals surface area contributed by atoms with Gasteiger partial charge in [0, 0.05) is 12.1 Å². The van der Waals surface area contributed by atoms with Crippen molar-refractivity contribution in [3.8, 4) is 5.75 Å². The van der Waals surface area contributed by atoms with Gasteiger partial charge in [0.1, 0.15) is 5.75 Å². The van der Waals surface area contributed by atoms with Crippen molar-refractivity contribution < 1.29 is 4.74 Å². The van der Waals surface area contributed by atoms with Crippen LogP contribution in [0.5, 0.6) is 5.75 Å². The lowest BCUT2D eigenvalue weighted by Crippen LogP contribution is -2.12. The topological polar surface area (TPSA) is 12.5 Å². The fraction of sp³-hybridized carbons (Fsp3) is 0.222. The Morgan fingerprint density at radius 2 is 1.57 bits per heavy atom. The molecule has 110 valence electrons. The highest BCUT2D eigenvalue weighted by molar-refractivity contribution is 6.00. The maximum absolute atomic E-state index is 5.54. The Bertz CT molecular complexity index is 768. The Labute approximate surface area is 131 Å². The molecule has 0 aliphatic heterocycles. The lowest BCUT2D eigenvalue weighted by atomic mass is 9.98. The molecule has 0 bridgehead atoms. The number of fused-ring (bicyclic) bond motifs is 2. The van der Waals surface area contributed by atoms with Crippen LogP contribution in [0, 0.1) is 0 Å². The van der Waals surface area contributed by atoms with Gasteiger partial charge in [0.15, 0.2) is 0 Å². The lowest BCUT2D eigenvalue weighted by molar-refractivity contribution is 0.374. The number of nitrogens with zero attached hydrogens (tertiary/aromatic N) is 1. The summed E-state index contributed by atoms with van der Waals surface area (Å²) in [5.74, 6) is 0.960. The Kier molecular flexibility index (Phi) is 4.71. The van der Waals surface area contributed by atoms with Gasteiger partial charge in [-0.15, -0.1) is 12.4 Å². The summed E-state index contributed by atoms with van der Waals surface area (Å²) in [5, 5.41) is 5.09. The first kappa shape index (κ1) is 15.6. The van der Waals surface area contributed by atoms with Crippen molar-refractivity contribution in [2.45, 2.75) is 6.54 Å². The van der Waals surface area contributed by atoms with E-state index in [9.17, 15) is 0 Å². The normalized spacial score (nSPS) is 10.9. The van der Waals surface area contributed by atoms with Gasteiger partial charge in [-0.25, -0.2) is 0 Å². The molecule has 0 amide bonds. The third kappa shape index (κ3) is 2.97. The van der Waals surface area contributed by atoms with Gasteiger partial charge >= 0.3 is 0 Å². The van der Waals surface area contributed by atoms with Crippen molar-refractivity contribution in [1.29, 1.82) is 0 Å². The second-order valence-electron chi connectivity index (χ2n) is 5.40. The molecule has 0 unspecified atom stereocenters. The van der Waals surface area contributed by atoms with Crippen molar-refractivity contribution >= 4 is 34.0 Å². The number of benzene rings is 3. The number of rotatable bonds is 3. The van der Waals surface area contributed by atoms with Gasteiger partial charge in [-0.05, 0) is 53.8 Å². The molecule has 3 aromatic rings. The van der Waals surface area contributed by atoms with Gasteiger partial charge < -0.3 is 9.64 Å². The van der Waals surface area contributed by atoms with Crippen LogP contribution in [0.3, 0.4) is 0 Å². The number of hydrogen-bond acceptors (Lipinski definition) is 2. The Morgan fingerprint density at radius 1 is 0.905 bits per heavy atom. The molecule has 3 heteroatoms. The van der Waals surface area contributed by atoms with Crippen molar-refractivity contribution in [3.05, 3.63) is 54.1 Å². The van der Waals surface area contributed by atoms with Crippen LogP contribution < -0.4 is 4.74 Å². The van der Waals surface area contributed by atoms with Gasteiger partial charge in [-0.1, -0.05) is 30.3 Å². The van der Waals surface area contributed by atoms with E-state index in [1.807, 2.05) is 0 Å². The monoisotopic (exact) mass is 301 g/mol. The van der Waals surface area contributed by atoms with Gasteiger partial charge in [-0.2, -0.15) is 0 Å². The fourth-order valence-corrected chi connectivity index (χ4v) is 2.73. The van der Waals surface area contributed by atoms with E-state index in [4.69, 9.17) is 4.74 Å². The Morgan fingerprint density at radius 3 is 2.19 bits per heavy atom. The average molecular weight is 302 g/mol.